The summed E-state index contributed by atoms with van der Waals surface area (Å²) in [6.45, 7) is 2.34. The molecule has 9 heteroatoms. The van der Waals surface area contributed by atoms with Crippen LogP contribution in [0.25, 0.3) is 0 Å². The molecule has 1 unspecified atom stereocenters. The second kappa shape index (κ2) is 6.14. The average Bonchev–Trinajstić information content (AvgIpc) is 3.15. The van der Waals surface area contributed by atoms with Gasteiger partial charge in [0.25, 0.3) is 5.91 Å². The standard InChI is InChI=1S/C15H14F3N3O3/c1-9-12(7-20-24-9)14(22)21-5-3-11(8-21)23-13-6-10(2-4-19-13)15(16,17)18/h2,4,6-7,11H,3,5,8H2,1H3. The third-order valence-corrected chi connectivity index (χ3v) is 3.76. The zero-order valence-corrected chi connectivity index (χ0v) is 12.7. The number of nitrogens with zero attached hydrogens (tertiary/aromatic N) is 3. The van der Waals surface area contributed by atoms with Gasteiger partial charge in [-0.05, 0) is 13.0 Å². The van der Waals surface area contributed by atoms with Crippen molar-refractivity contribution in [3.05, 3.63) is 41.4 Å². The monoisotopic (exact) mass is 341 g/mol. The molecule has 1 amide bonds. The van der Waals surface area contributed by atoms with Gasteiger partial charge in [-0.3, -0.25) is 4.79 Å². The fourth-order valence-corrected chi connectivity index (χ4v) is 2.50. The van der Waals surface area contributed by atoms with E-state index < -0.39 is 17.8 Å². The van der Waals surface area contributed by atoms with Crippen LogP contribution in [0.3, 0.4) is 0 Å². The number of halogens is 3. The van der Waals surface area contributed by atoms with Crippen molar-refractivity contribution in [3.63, 3.8) is 0 Å². The second-order valence-corrected chi connectivity index (χ2v) is 5.46. The maximum absolute atomic E-state index is 12.7. The summed E-state index contributed by atoms with van der Waals surface area (Å²) in [6, 6.07) is 1.74. The molecule has 1 saturated heterocycles. The fraction of sp³-hybridized carbons (Fsp3) is 0.400. The van der Waals surface area contributed by atoms with Crippen LogP contribution in [0.15, 0.2) is 29.0 Å². The summed E-state index contributed by atoms with van der Waals surface area (Å²) < 4.78 is 48.4. The maximum Gasteiger partial charge on any atom is 0.416 e. The molecule has 3 rings (SSSR count). The number of carbonyl (C=O) groups is 1. The van der Waals surface area contributed by atoms with Crippen LogP contribution in [-0.2, 0) is 6.18 Å². The normalized spacial score (nSPS) is 18.0. The van der Waals surface area contributed by atoms with E-state index in [1.165, 1.54) is 6.20 Å². The Morgan fingerprint density at radius 1 is 1.46 bits per heavy atom. The molecule has 1 atom stereocenters. The lowest BCUT2D eigenvalue weighted by Gasteiger charge is -2.16. The molecule has 0 aromatic carbocycles. The van der Waals surface area contributed by atoms with Gasteiger partial charge < -0.3 is 14.2 Å². The number of amides is 1. The van der Waals surface area contributed by atoms with E-state index in [2.05, 4.69) is 10.1 Å². The second-order valence-electron chi connectivity index (χ2n) is 5.46. The zero-order chi connectivity index (χ0) is 17.3. The topological polar surface area (TPSA) is 68.5 Å². The quantitative estimate of drug-likeness (QED) is 0.859. The number of hydrogen-bond acceptors (Lipinski definition) is 5. The molecule has 2 aromatic rings. The van der Waals surface area contributed by atoms with Gasteiger partial charge in [0.05, 0.1) is 18.3 Å². The van der Waals surface area contributed by atoms with Crippen LogP contribution in [0.4, 0.5) is 13.2 Å². The summed E-state index contributed by atoms with van der Waals surface area (Å²) in [4.78, 5) is 17.7. The summed E-state index contributed by atoms with van der Waals surface area (Å²) in [7, 11) is 0. The molecule has 1 aliphatic rings. The third-order valence-electron chi connectivity index (χ3n) is 3.76. The van der Waals surface area contributed by atoms with E-state index in [1.54, 1.807) is 11.8 Å². The molecule has 0 spiro atoms. The Balaban J connectivity index is 1.65. The average molecular weight is 341 g/mol. The number of rotatable bonds is 3. The fourth-order valence-electron chi connectivity index (χ4n) is 2.50. The van der Waals surface area contributed by atoms with Gasteiger partial charge >= 0.3 is 6.18 Å². The molecule has 0 aliphatic carbocycles. The minimum absolute atomic E-state index is 0.106. The SMILES string of the molecule is Cc1oncc1C(=O)N1CCC(Oc2cc(C(F)(F)F)ccn2)C1. The molecule has 24 heavy (non-hydrogen) atoms. The van der Waals surface area contributed by atoms with E-state index in [0.717, 1.165) is 18.3 Å². The molecule has 2 aromatic heterocycles. The lowest BCUT2D eigenvalue weighted by Crippen LogP contribution is -2.31. The lowest BCUT2D eigenvalue weighted by atomic mass is 10.2. The molecule has 6 nitrogen and oxygen atoms in total. The van der Waals surface area contributed by atoms with Crippen LogP contribution in [0.5, 0.6) is 5.88 Å². The molecule has 0 N–H and O–H groups in total. The van der Waals surface area contributed by atoms with Crippen LogP contribution >= 0.6 is 0 Å². The van der Waals surface area contributed by atoms with Crippen molar-refractivity contribution < 1.29 is 27.2 Å². The van der Waals surface area contributed by atoms with Gasteiger partial charge in [-0.1, -0.05) is 5.16 Å². The summed E-state index contributed by atoms with van der Waals surface area (Å²) in [5.41, 5.74) is -0.452. The highest BCUT2D eigenvalue weighted by Crippen LogP contribution is 2.31. The zero-order valence-electron chi connectivity index (χ0n) is 12.7. The first-order valence-electron chi connectivity index (χ1n) is 7.25. The number of pyridine rings is 1. The van der Waals surface area contributed by atoms with E-state index in [4.69, 9.17) is 9.26 Å². The number of ether oxygens (including phenoxy) is 1. The van der Waals surface area contributed by atoms with Crippen LogP contribution in [0.2, 0.25) is 0 Å². The maximum atomic E-state index is 12.7. The highest BCUT2D eigenvalue weighted by molar-refractivity contribution is 5.94. The highest BCUT2D eigenvalue weighted by atomic mass is 19.4. The lowest BCUT2D eigenvalue weighted by molar-refractivity contribution is -0.137. The summed E-state index contributed by atoms with van der Waals surface area (Å²) >= 11 is 0. The number of hydrogen-bond donors (Lipinski definition) is 0. The first-order chi connectivity index (χ1) is 11.3. The minimum Gasteiger partial charge on any atom is -0.472 e. The van der Waals surface area contributed by atoms with Gasteiger partial charge in [0.2, 0.25) is 5.88 Å². The Hall–Kier alpha value is -2.58. The number of aromatic nitrogens is 2. The molecular formula is C15H14F3N3O3. The van der Waals surface area contributed by atoms with E-state index in [0.29, 0.717) is 24.3 Å². The summed E-state index contributed by atoms with van der Waals surface area (Å²) in [5, 5.41) is 3.56. The van der Waals surface area contributed by atoms with Gasteiger partial charge in [-0.15, -0.1) is 0 Å². The van der Waals surface area contributed by atoms with Crippen molar-refractivity contribution in [1.29, 1.82) is 0 Å². The highest BCUT2D eigenvalue weighted by Gasteiger charge is 2.33. The first-order valence-corrected chi connectivity index (χ1v) is 7.25. The molecular weight excluding hydrogens is 327 g/mol. The smallest absolute Gasteiger partial charge is 0.416 e. The van der Waals surface area contributed by atoms with Gasteiger partial charge in [-0.25, -0.2) is 4.98 Å². The number of aryl methyl sites for hydroxylation is 1. The predicted molar refractivity (Wildman–Crippen MR) is 75.4 cm³/mol. The Morgan fingerprint density at radius 2 is 2.25 bits per heavy atom. The Kier molecular flexibility index (Phi) is 4.16. The molecule has 1 aliphatic heterocycles. The number of likely N-dealkylation sites (tertiary alicyclic amines) is 1. The molecule has 1 fully saturated rings. The summed E-state index contributed by atoms with van der Waals surface area (Å²) in [5.74, 6) is 0.0750. The summed E-state index contributed by atoms with van der Waals surface area (Å²) in [6.07, 6.45) is -1.96. The van der Waals surface area contributed by atoms with Crippen molar-refractivity contribution in [3.8, 4) is 5.88 Å². The Morgan fingerprint density at radius 3 is 2.92 bits per heavy atom. The van der Waals surface area contributed by atoms with Gasteiger partial charge in [0, 0.05) is 25.2 Å². The predicted octanol–water partition coefficient (Wildman–Crippen LogP) is 2.69. The van der Waals surface area contributed by atoms with E-state index in [-0.39, 0.29) is 18.3 Å². The van der Waals surface area contributed by atoms with Crippen molar-refractivity contribution in [1.82, 2.24) is 15.0 Å². The number of alkyl halides is 3. The third kappa shape index (κ3) is 3.34. The van der Waals surface area contributed by atoms with Gasteiger partial charge in [-0.2, -0.15) is 13.2 Å². The Bertz CT molecular complexity index is 745. The first kappa shape index (κ1) is 16.3. The van der Waals surface area contributed by atoms with E-state index in [9.17, 15) is 18.0 Å². The van der Waals surface area contributed by atoms with Crippen molar-refractivity contribution in [2.24, 2.45) is 0 Å². The van der Waals surface area contributed by atoms with E-state index in [1.807, 2.05) is 0 Å². The van der Waals surface area contributed by atoms with Gasteiger partial charge in [0.1, 0.15) is 17.4 Å². The molecule has 0 bridgehead atoms. The van der Waals surface area contributed by atoms with Crippen LogP contribution in [-0.4, -0.2) is 40.1 Å². The number of carbonyl (C=O) groups excluding carboxylic acids is 1. The van der Waals surface area contributed by atoms with Crippen molar-refractivity contribution in [2.75, 3.05) is 13.1 Å². The molecule has 0 saturated carbocycles. The molecule has 128 valence electrons. The Labute approximate surface area is 135 Å². The molecule has 0 radical (unpaired) electrons. The van der Waals surface area contributed by atoms with Crippen molar-refractivity contribution >= 4 is 5.91 Å². The molecule has 3 heterocycles. The van der Waals surface area contributed by atoms with Crippen LogP contribution < -0.4 is 4.74 Å². The minimum atomic E-state index is -4.45. The van der Waals surface area contributed by atoms with E-state index >= 15 is 0 Å². The van der Waals surface area contributed by atoms with Gasteiger partial charge in [0.15, 0.2) is 0 Å². The van der Waals surface area contributed by atoms with Crippen LogP contribution in [0.1, 0.15) is 28.1 Å². The van der Waals surface area contributed by atoms with Crippen LogP contribution in [0, 0.1) is 6.92 Å². The largest absolute Gasteiger partial charge is 0.472 e. The van der Waals surface area contributed by atoms with Crippen molar-refractivity contribution in [2.45, 2.75) is 25.6 Å².